The third-order valence-electron chi connectivity index (χ3n) is 2.62. The van der Waals surface area contributed by atoms with Gasteiger partial charge in [0.2, 0.25) is 0 Å². The van der Waals surface area contributed by atoms with Crippen LogP contribution in [0, 0.1) is 13.7 Å². The third-order valence-corrected chi connectivity index (χ3v) is 3.29. The lowest BCUT2D eigenvalue weighted by Crippen LogP contribution is -2.09. The van der Waals surface area contributed by atoms with Crippen molar-refractivity contribution >= 4 is 34.2 Å². The molecule has 2 rings (SSSR count). The average Bonchev–Trinajstić information content (AvgIpc) is 2.47. The number of carbonyl (C=O) groups excluding carboxylic acids is 1. The molecule has 7 heteroatoms. The van der Waals surface area contributed by atoms with Crippen LogP contribution in [0.1, 0.15) is 10.4 Å². The Hall–Kier alpha value is -2.16. The minimum atomic E-state index is -0.604. The van der Waals surface area contributed by atoms with E-state index in [1.165, 1.54) is 19.2 Å². The van der Waals surface area contributed by atoms with Gasteiger partial charge in [-0.15, -0.1) is 0 Å². The molecule has 6 nitrogen and oxygen atoms in total. The van der Waals surface area contributed by atoms with Crippen LogP contribution in [0.3, 0.4) is 0 Å². The minimum absolute atomic E-state index is 0.00978. The maximum absolute atomic E-state index is 12.1. The number of halogens is 1. The van der Waals surface area contributed by atoms with Crippen LogP contribution < -0.4 is 9.47 Å². The maximum Gasteiger partial charge on any atom is 0.343 e. The van der Waals surface area contributed by atoms with E-state index < -0.39 is 10.9 Å². The fourth-order valence-corrected chi connectivity index (χ4v) is 2.18. The van der Waals surface area contributed by atoms with Crippen LogP contribution in [0.4, 0.5) is 5.69 Å². The van der Waals surface area contributed by atoms with Gasteiger partial charge in [-0.05, 0) is 46.9 Å². The highest BCUT2D eigenvalue weighted by molar-refractivity contribution is 14.1. The highest BCUT2D eigenvalue weighted by atomic mass is 127. The summed E-state index contributed by atoms with van der Waals surface area (Å²) >= 11 is 2.08. The van der Waals surface area contributed by atoms with Gasteiger partial charge in [-0.25, -0.2) is 4.79 Å². The zero-order chi connectivity index (χ0) is 15.4. The SMILES string of the molecule is COc1ccc([N+](=O)[O-])cc1OC(=O)c1cccc(I)c1. The molecular formula is C14H10INO5. The number of benzene rings is 2. The van der Waals surface area contributed by atoms with E-state index in [1.54, 1.807) is 18.2 Å². The summed E-state index contributed by atoms with van der Waals surface area (Å²) in [6.45, 7) is 0. The second-order valence-corrected chi connectivity index (χ2v) is 5.24. The Morgan fingerprint density at radius 1 is 1.19 bits per heavy atom. The molecule has 0 aromatic heterocycles. The first-order valence-corrected chi connectivity index (χ1v) is 6.89. The Morgan fingerprint density at radius 3 is 2.57 bits per heavy atom. The summed E-state index contributed by atoms with van der Waals surface area (Å²) in [5.41, 5.74) is 0.178. The molecule has 0 saturated carbocycles. The van der Waals surface area contributed by atoms with Crippen LogP contribution in [0.5, 0.6) is 11.5 Å². The molecule has 0 aliphatic rings. The Morgan fingerprint density at radius 2 is 1.95 bits per heavy atom. The van der Waals surface area contributed by atoms with Crippen LogP contribution >= 0.6 is 22.6 Å². The number of esters is 1. The number of ether oxygens (including phenoxy) is 2. The topological polar surface area (TPSA) is 78.7 Å². The van der Waals surface area contributed by atoms with Gasteiger partial charge in [-0.2, -0.15) is 0 Å². The van der Waals surface area contributed by atoms with Crippen molar-refractivity contribution in [3.8, 4) is 11.5 Å². The first kappa shape index (κ1) is 15.2. The molecule has 0 aliphatic heterocycles. The van der Waals surface area contributed by atoms with Gasteiger partial charge in [0.1, 0.15) is 0 Å². The molecule has 0 spiro atoms. The smallest absolute Gasteiger partial charge is 0.343 e. The van der Waals surface area contributed by atoms with Crippen LogP contribution in [0.25, 0.3) is 0 Å². The van der Waals surface area contributed by atoms with Crippen molar-refractivity contribution in [2.24, 2.45) is 0 Å². The molecule has 0 atom stereocenters. The molecule has 0 aliphatic carbocycles. The highest BCUT2D eigenvalue weighted by Gasteiger charge is 2.16. The lowest BCUT2D eigenvalue weighted by atomic mass is 10.2. The van der Waals surface area contributed by atoms with Crippen molar-refractivity contribution in [3.63, 3.8) is 0 Å². The summed E-state index contributed by atoms with van der Waals surface area (Å²) in [4.78, 5) is 22.3. The fourth-order valence-electron chi connectivity index (χ4n) is 1.63. The van der Waals surface area contributed by atoms with Crippen molar-refractivity contribution < 1.29 is 19.2 Å². The van der Waals surface area contributed by atoms with Crippen LogP contribution in [0.2, 0.25) is 0 Å². The van der Waals surface area contributed by atoms with Crippen molar-refractivity contribution in [1.82, 2.24) is 0 Å². The van der Waals surface area contributed by atoms with Crippen LogP contribution in [0.15, 0.2) is 42.5 Å². The van der Waals surface area contributed by atoms with E-state index in [0.29, 0.717) is 5.56 Å². The zero-order valence-electron chi connectivity index (χ0n) is 10.9. The van der Waals surface area contributed by atoms with E-state index in [4.69, 9.17) is 9.47 Å². The minimum Gasteiger partial charge on any atom is -0.493 e. The largest absolute Gasteiger partial charge is 0.493 e. The van der Waals surface area contributed by atoms with Gasteiger partial charge in [-0.1, -0.05) is 6.07 Å². The number of hydrogen-bond donors (Lipinski definition) is 0. The number of rotatable bonds is 4. The van der Waals surface area contributed by atoms with E-state index in [9.17, 15) is 14.9 Å². The second-order valence-electron chi connectivity index (χ2n) is 3.99. The summed E-state index contributed by atoms with van der Waals surface area (Å²) in [7, 11) is 1.39. The molecule has 108 valence electrons. The zero-order valence-corrected chi connectivity index (χ0v) is 13.1. The molecule has 21 heavy (non-hydrogen) atoms. The number of methoxy groups -OCH3 is 1. The summed E-state index contributed by atoms with van der Waals surface area (Å²) in [5, 5.41) is 10.8. The number of nitrogens with zero attached hydrogens (tertiary/aromatic N) is 1. The van der Waals surface area contributed by atoms with Gasteiger partial charge in [0.25, 0.3) is 5.69 Å². The van der Waals surface area contributed by atoms with Gasteiger partial charge in [0, 0.05) is 9.64 Å². The second kappa shape index (κ2) is 6.53. The van der Waals surface area contributed by atoms with E-state index in [0.717, 1.165) is 9.64 Å². The fraction of sp³-hybridized carbons (Fsp3) is 0.0714. The highest BCUT2D eigenvalue weighted by Crippen LogP contribution is 2.31. The van der Waals surface area contributed by atoms with Crippen molar-refractivity contribution in [2.45, 2.75) is 0 Å². The standard InChI is InChI=1S/C14H10INO5/c1-20-12-6-5-11(16(18)19)8-13(12)21-14(17)9-3-2-4-10(15)7-9/h2-8H,1H3. The van der Waals surface area contributed by atoms with Gasteiger partial charge in [0.05, 0.1) is 23.7 Å². The molecule has 0 amide bonds. The lowest BCUT2D eigenvalue weighted by Gasteiger charge is -2.09. The molecule has 2 aromatic rings. The van der Waals surface area contributed by atoms with Gasteiger partial charge in [0.15, 0.2) is 11.5 Å². The molecule has 0 N–H and O–H groups in total. The summed E-state index contributed by atoms with van der Waals surface area (Å²) in [6.07, 6.45) is 0. The van der Waals surface area contributed by atoms with Gasteiger partial charge < -0.3 is 9.47 Å². The van der Waals surface area contributed by atoms with E-state index in [-0.39, 0.29) is 17.2 Å². The van der Waals surface area contributed by atoms with Gasteiger partial charge >= 0.3 is 5.97 Å². The van der Waals surface area contributed by atoms with Crippen molar-refractivity contribution in [1.29, 1.82) is 0 Å². The first-order chi connectivity index (χ1) is 10.0. The molecule has 0 heterocycles. The quantitative estimate of drug-likeness (QED) is 0.259. The first-order valence-electron chi connectivity index (χ1n) is 5.81. The lowest BCUT2D eigenvalue weighted by molar-refractivity contribution is -0.384. The Labute approximate surface area is 134 Å². The molecule has 0 saturated heterocycles. The predicted octanol–water partition coefficient (Wildman–Crippen LogP) is 3.43. The molecule has 0 fully saturated rings. The summed E-state index contributed by atoms with van der Waals surface area (Å²) < 4.78 is 11.1. The van der Waals surface area contributed by atoms with E-state index in [1.807, 2.05) is 6.07 Å². The van der Waals surface area contributed by atoms with Gasteiger partial charge in [-0.3, -0.25) is 10.1 Å². The molecular weight excluding hydrogens is 389 g/mol. The Kier molecular flexibility index (Phi) is 4.73. The normalized spacial score (nSPS) is 10.0. The number of nitro benzene ring substituents is 1. The van der Waals surface area contributed by atoms with Crippen LogP contribution in [-0.2, 0) is 0 Å². The molecule has 0 radical (unpaired) electrons. The Balaban J connectivity index is 2.31. The summed E-state index contributed by atoms with van der Waals surface area (Å²) in [6, 6.07) is 10.6. The van der Waals surface area contributed by atoms with Crippen LogP contribution in [-0.4, -0.2) is 18.0 Å². The summed E-state index contributed by atoms with van der Waals surface area (Å²) in [5.74, 6) is -0.345. The van der Waals surface area contributed by atoms with Crippen molar-refractivity contribution in [2.75, 3.05) is 7.11 Å². The van der Waals surface area contributed by atoms with E-state index >= 15 is 0 Å². The number of carbonyl (C=O) groups is 1. The van der Waals surface area contributed by atoms with Crippen molar-refractivity contribution in [3.05, 3.63) is 61.7 Å². The molecule has 0 bridgehead atoms. The number of non-ortho nitro benzene ring substituents is 1. The van der Waals surface area contributed by atoms with E-state index in [2.05, 4.69) is 22.6 Å². The maximum atomic E-state index is 12.1. The predicted molar refractivity (Wildman–Crippen MR) is 83.8 cm³/mol. The number of hydrogen-bond acceptors (Lipinski definition) is 5. The third kappa shape index (κ3) is 3.69. The molecule has 0 unspecified atom stereocenters. The average molecular weight is 399 g/mol. The Bertz CT molecular complexity index is 702. The number of nitro groups is 1. The molecule has 2 aromatic carbocycles. The monoisotopic (exact) mass is 399 g/mol.